The van der Waals surface area contributed by atoms with Crippen molar-refractivity contribution in [1.82, 2.24) is 5.32 Å². The molecule has 1 aromatic carbocycles. The lowest BCUT2D eigenvalue weighted by Crippen LogP contribution is -2.41. The van der Waals surface area contributed by atoms with Gasteiger partial charge in [-0.3, -0.25) is 4.79 Å². The van der Waals surface area contributed by atoms with Crippen LogP contribution >= 0.6 is 0 Å². The van der Waals surface area contributed by atoms with Crippen molar-refractivity contribution in [3.63, 3.8) is 0 Å². The minimum atomic E-state index is -0.986. The van der Waals surface area contributed by atoms with Gasteiger partial charge in [0.2, 0.25) is 0 Å². The van der Waals surface area contributed by atoms with Crippen LogP contribution in [0.15, 0.2) is 18.2 Å². The zero-order chi connectivity index (χ0) is 14.5. The largest absolute Gasteiger partial charge is 0.398 e. The predicted molar refractivity (Wildman–Crippen MR) is 75.0 cm³/mol. The van der Waals surface area contributed by atoms with E-state index in [1.165, 1.54) is 0 Å². The summed E-state index contributed by atoms with van der Waals surface area (Å²) in [6, 6.07) is 5.20. The van der Waals surface area contributed by atoms with Gasteiger partial charge in [-0.25, -0.2) is 0 Å². The minimum absolute atomic E-state index is 0.170. The molecule has 0 radical (unpaired) electrons. The molecule has 5 heteroatoms. The van der Waals surface area contributed by atoms with Gasteiger partial charge in [-0.1, -0.05) is 6.07 Å². The zero-order valence-electron chi connectivity index (χ0n) is 11.7. The second kappa shape index (κ2) is 6.54. The number of nitrogens with two attached hydrogens (primary N) is 1. The van der Waals surface area contributed by atoms with Gasteiger partial charge in [-0.15, -0.1) is 0 Å². The van der Waals surface area contributed by atoms with Crippen LogP contribution in [-0.4, -0.2) is 36.9 Å². The third-order valence-corrected chi connectivity index (χ3v) is 3.09. The van der Waals surface area contributed by atoms with Crippen LogP contribution in [0.2, 0.25) is 0 Å². The molecule has 5 nitrogen and oxygen atoms in total. The quantitative estimate of drug-likeness (QED) is 0.673. The zero-order valence-corrected chi connectivity index (χ0v) is 11.7. The number of methoxy groups -OCH3 is 1. The Hall–Kier alpha value is -1.59. The Kier molecular flexibility index (Phi) is 5.32. The number of rotatable bonds is 6. The first-order valence-corrected chi connectivity index (χ1v) is 6.22. The van der Waals surface area contributed by atoms with Crippen LogP contribution in [0.25, 0.3) is 0 Å². The van der Waals surface area contributed by atoms with Crippen molar-refractivity contribution >= 4 is 11.6 Å². The highest BCUT2D eigenvalue weighted by Gasteiger charge is 2.21. The molecular formula is C14H22N2O3. The maximum atomic E-state index is 12.0. The van der Waals surface area contributed by atoms with Gasteiger partial charge < -0.3 is 20.9 Å². The highest BCUT2D eigenvalue weighted by Crippen LogP contribution is 2.15. The van der Waals surface area contributed by atoms with E-state index in [0.717, 1.165) is 5.56 Å². The van der Waals surface area contributed by atoms with Crippen LogP contribution in [0.4, 0.5) is 5.69 Å². The number of aliphatic hydroxyl groups is 1. The fraction of sp³-hybridized carbons (Fsp3) is 0.500. The second-order valence-corrected chi connectivity index (χ2v) is 4.94. The van der Waals surface area contributed by atoms with Crippen LogP contribution in [0.5, 0.6) is 0 Å². The smallest absolute Gasteiger partial charge is 0.251 e. The summed E-state index contributed by atoms with van der Waals surface area (Å²) < 4.78 is 4.91. The van der Waals surface area contributed by atoms with Crippen molar-refractivity contribution in [2.45, 2.75) is 25.9 Å². The molecule has 1 unspecified atom stereocenters. The Morgan fingerprint density at radius 2 is 2.21 bits per heavy atom. The number of carbonyl (C=O) groups is 1. The predicted octanol–water partition coefficient (Wildman–Crippen LogP) is 1.09. The molecule has 0 aromatic heterocycles. The Labute approximate surface area is 113 Å². The number of amides is 1. The van der Waals surface area contributed by atoms with Gasteiger partial charge in [-0.2, -0.15) is 0 Å². The van der Waals surface area contributed by atoms with E-state index in [4.69, 9.17) is 10.5 Å². The second-order valence-electron chi connectivity index (χ2n) is 4.94. The number of nitrogen functional groups attached to an aromatic ring is 1. The number of carbonyl (C=O) groups excluding carboxylic acids is 1. The SMILES string of the molecule is COCCC(C)(O)CNC(=O)c1cccc(N)c1C. The topological polar surface area (TPSA) is 84.6 Å². The Morgan fingerprint density at radius 3 is 2.84 bits per heavy atom. The molecule has 0 heterocycles. The molecule has 1 rings (SSSR count). The van der Waals surface area contributed by atoms with E-state index < -0.39 is 5.60 Å². The lowest BCUT2D eigenvalue weighted by Gasteiger charge is -2.23. The van der Waals surface area contributed by atoms with E-state index in [0.29, 0.717) is 24.3 Å². The van der Waals surface area contributed by atoms with E-state index in [1.54, 1.807) is 39.2 Å². The molecule has 0 saturated carbocycles. The van der Waals surface area contributed by atoms with Crippen molar-refractivity contribution < 1.29 is 14.6 Å². The third kappa shape index (κ3) is 4.54. The number of anilines is 1. The van der Waals surface area contributed by atoms with Crippen LogP contribution in [0.3, 0.4) is 0 Å². The van der Waals surface area contributed by atoms with Gasteiger partial charge in [-0.05, 0) is 31.5 Å². The van der Waals surface area contributed by atoms with E-state index in [1.807, 2.05) is 0 Å². The molecule has 4 N–H and O–H groups in total. The van der Waals surface area contributed by atoms with Crippen LogP contribution in [0.1, 0.15) is 29.3 Å². The van der Waals surface area contributed by atoms with Gasteiger partial charge in [0, 0.05) is 37.9 Å². The van der Waals surface area contributed by atoms with Gasteiger partial charge in [0.25, 0.3) is 5.91 Å². The van der Waals surface area contributed by atoms with E-state index in [2.05, 4.69) is 5.32 Å². The summed E-state index contributed by atoms with van der Waals surface area (Å²) in [5.41, 5.74) is 6.63. The fourth-order valence-corrected chi connectivity index (χ4v) is 1.68. The molecule has 0 spiro atoms. The lowest BCUT2D eigenvalue weighted by molar-refractivity contribution is 0.0243. The Morgan fingerprint density at radius 1 is 1.53 bits per heavy atom. The van der Waals surface area contributed by atoms with E-state index in [-0.39, 0.29) is 12.5 Å². The summed E-state index contributed by atoms with van der Waals surface area (Å²) in [4.78, 5) is 12.0. The average Bonchev–Trinajstić information content (AvgIpc) is 2.37. The van der Waals surface area contributed by atoms with Crippen LogP contribution < -0.4 is 11.1 Å². The number of benzene rings is 1. The average molecular weight is 266 g/mol. The van der Waals surface area contributed by atoms with Gasteiger partial charge >= 0.3 is 0 Å². The van der Waals surface area contributed by atoms with Crippen LogP contribution in [-0.2, 0) is 4.74 Å². The van der Waals surface area contributed by atoms with Crippen molar-refractivity contribution in [3.05, 3.63) is 29.3 Å². The summed E-state index contributed by atoms with van der Waals surface area (Å²) in [6.45, 7) is 4.08. The van der Waals surface area contributed by atoms with Crippen LogP contribution in [0, 0.1) is 6.92 Å². The van der Waals surface area contributed by atoms with E-state index >= 15 is 0 Å². The molecule has 0 aliphatic heterocycles. The molecular weight excluding hydrogens is 244 g/mol. The highest BCUT2D eigenvalue weighted by molar-refractivity contribution is 5.96. The first-order chi connectivity index (χ1) is 8.87. The summed E-state index contributed by atoms with van der Waals surface area (Å²) in [6.07, 6.45) is 0.458. The molecule has 0 bridgehead atoms. The van der Waals surface area contributed by atoms with Gasteiger partial charge in [0.1, 0.15) is 0 Å². The molecule has 1 aromatic rings. The normalized spacial score (nSPS) is 13.9. The summed E-state index contributed by atoms with van der Waals surface area (Å²) in [7, 11) is 1.57. The molecule has 0 saturated heterocycles. The molecule has 106 valence electrons. The third-order valence-electron chi connectivity index (χ3n) is 3.09. The standard InChI is InChI=1S/C14H22N2O3/c1-10-11(5-4-6-12(10)15)13(17)16-9-14(2,18)7-8-19-3/h4-6,18H,7-9,15H2,1-3H3,(H,16,17). The molecule has 0 aliphatic rings. The first-order valence-electron chi connectivity index (χ1n) is 6.22. The maximum absolute atomic E-state index is 12.0. The molecule has 1 amide bonds. The van der Waals surface area contributed by atoms with Crippen molar-refractivity contribution in [2.24, 2.45) is 0 Å². The highest BCUT2D eigenvalue weighted by atomic mass is 16.5. The summed E-state index contributed by atoms with van der Waals surface area (Å²) in [5, 5.41) is 12.8. The number of hydrogen-bond donors (Lipinski definition) is 3. The van der Waals surface area contributed by atoms with E-state index in [9.17, 15) is 9.90 Å². The molecule has 0 fully saturated rings. The first kappa shape index (κ1) is 15.5. The lowest BCUT2D eigenvalue weighted by atomic mass is 10.0. The van der Waals surface area contributed by atoms with Gasteiger partial charge in [0.05, 0.1) is 5.60 Å². The number of ether oxygens (including phenoxy) is 1. The number of hydrogen-bond acceptors (Lipinski definition) is 4. The van der Waals surface area contributed by atoms with Gasteiger partial charge in [0.15, 0.2) is 0 Å². The Bertz CT molecular complexity index is 444. The summed E-state index contributed by atoms with van der Waals surface area (Å²) in [5.74, 6) is -0.234. The van der Waals surface area contributed by atoms with Crippen molar-refractivity contribution in [3.8, 4) is 0 Å². The fourth-order valence-electron chi connectivity index (χ4n) is 1.68. The minimum Gasteiger partial charge on any atom is -0.398 e. The Balaban J connectivity index is 2.63. The van der Waals surface area contributed by atoms with Crippen molar-refractivity contribution in [1.29, 1.82) is 0 Å². The monoisotopic (exact) mass is 266 g/mol. The molecule has 0 aliphatic carbocycles. The maximum Gasteiger partial charge on any atom is 0.251 e. The summed E-state index contributed by atoms with van der Waals surface area (Å²) >= 11 is 0. The van der Waals surface area contributed by atoms with Crippen molar-refractivity contribution in [2.75, 3.05) is 26.0 Å². The molecule has 1 atom stereocenters. The number of nitrogens with one attached hydrogen (secondary N) is 1. The molecule has 19 heavy (non-hydrogen) atoms.